The van der Waals surface area contributed by atoms with Gasteiger partial charge in [-0.2, -0.15) is 0 Å². The SMILES string of the molecule is C[C@@H](O)Cn1cnc2sc3c(c2c1=O)CCCCCC3. The van der Waals surface area contributed by atoms with Crippen molar-refractivity contribution in [2.45, 2.75) is 58.1 Å². The summed E-state index contributed by atoms with van der Waals surface area (Å²) in [6, 6.07) is 0. The Labute approximate surface area is 122 Å². The first-order valence-electron chi connectivity index (χ1n) is 7.34. The van der Waals surface area contributed by atoms with Gasteiger partial charge in [0.2, 0.25) is 0 Å². The summed E-state index contributed by atoms with van der Waals surface area (Å²) in [4.78, 5) is 19.3. The van der Waals surface area contributed by atoms with Gasteiger partial charge >= 0.3 is 0 Å². The van der Waals surface area contributed by atoms with Crippen LogP contribution in [-0.2, 0) is 19.4 Å². The Morgan fingerprint density at radius 2 is 2.10 bits per heavy atom. The normalized spacial score (nSPS) is 17.5. The minimum Gasteiger partial charge on any atom is -0.392 e. The highest BCUT2D eigenvalue weighted by molar-refractivity contribution is 7.18. The molecule has 2 heterocycles. The highest BCUT2D eigenvalue weighted by atomic mass is 32.1. The van der Waals surface area contributed by atoms with E-state index in [1.807, 2.05) is 0 Å². The Hall–Kier alpha value is -1.20. The molecule has 3 rings (SSSR count). The lowest BCUT2D eigenvalue weighted by Crippen LogP contribution is -2.25. The molecule has 0 aromatic carbocycles. The van der Waals surface area contributed by atoms with Crippen LogP contribution in [-0.4, -0.2) is 20.8 Å². The summed E-state index contributed by atoms with van der Waals surface area (Å²) >= 11 is 1.68. The summed E-state index contributed by atoms with van der Waals surface area (Å²) < 4.78 is 1.54. The number of nitrogens with zero attached hydrogens (tertiary/aromatic N) is 2. The molecule has 108 valence electrons. The van der Waals surface area contributed by atoms with Crippen LogP contribution in [0.25, 0.3) is 10.2 Å². The number of hydrogen-bond acceptors (Lipinski definition) is 4. The van der Waals surface area contributed by atoms with Crippen LogP contribution in [0.1, 0.15) is 43.0 Å². The first-order valence-corrected chi connectivity index (χ1v) is 8.16. The molecule has 4 nitrogen and oxygen atoms in total. The Bertz CT molecular complexity index is 672. The molecule has 20 heavy (non-hydrogen) atoms. The second-order valence-electron chi connectivity index (χ2n) is 5.65. The molecule has 0 saturated heterocycles. The highest BCUT2D eigenvalue weighted by Gasteiger charge is 2.18. The number of fused-ring (bicyclic) bond motifs is 3. The van der Waals surface area contributed by atoms with E-state index in [1.54, 1.807) is 29.2 Å². The molecule has 0 amide bonds. The van der Waals surface area contributed by atoms with Gasteiger partial charge in [-0.15, -0.1) is 11.3 Å². The molecule has 1 aliphatic carbocycles. The third kappa shape index (κ3) is 2.52. The van der Waals surface area contributed by atoms with Crippen LogP contribution in [0.15, 0.2) is 11.1 Å². The van der Waals surface area contributed by atoms with Gasteiger partial charge in [-0.05, 0) is 38.2 Å². The van der Waals surface area contributed by atoms with E-state index < -0.39 is 6.10 Å². The predicted molar refractivity (Wildman–Crippen MR) is 81.4 cm³/mol. The van der Waals surface area contributed by atoms with E-state index in [9.17, 15) is 9.90 Å². The second-order valence-corrected chi connectivity index (χ2v) is 6.73. The van der Waals surface area contributed by atoms with E-state index in [-0.39, 0.29) is 5.56 Å². The van der Waals surface area contributed by atoms with E-state index in [4.69, 9.17) is 0 Å². The van der Waals surface area contributed by atoms with Crippen LogP contribution in [0.3, 0.4) is 0 Å². The lowest BCUT2D eigenvalue weighted by atomic mass is 9.98. The van der Waals surface area contributed by atoms with Crippen LogP contribution in [0.4, 0.5) is 0 Å². The van der Waals surface area contributed by atoms with Gasteiger partial charge in [0.05, 0.1) is 24.4 Å². The molecule has 0 aliphatic heterocycles. The van der Waals surface area contributed by atoms with Crippen LogP contribution in [0.2, 0.25) is 0 Å². The Morgan fingerprint density at radius 1 is 1.35 bits per heavy atom. The van der Waals surface area contributed by atoms with Crippen molar-refractivity contribution >= 4 is 21.6 Å². The van der Waals surface area contributed by atoms with Crippen molar-refractivity contribution in [3.05, 3.63) is 27.1 Å². The second kappa shape index (κ2) is 5.66. The molecule has 0 bridgehead atoms. The summed E-state index contributed by atoms with van der Waals surface area (Å²) in [5.74, 6) is 0. The molecule has 1 N–H and O–H groups in total. The first-order chi connectivity index (χ1) is 9.66. The number of aromatic nitrogens is 2. The Balaban J connectivity index is 2.15. The van der Waals surface area contributed by atoms with E-state index in [2.05, 4.69) is 4.98 Å². The summed E-state index contributed by atoms with van der Waals surface area (Å²) in [6.07, 6.45) is 8.00. The van der Waals surface area contributed by atoms with Gasteiger partial charge in [0.15, 0.2) is 0 Å². The van der Waals surface area contributed by atoms with Crippen LogP contribution >= 0.6 is 11.3 Å². The average Bonchev–Trinajstić information content (AvgIpc) is 2.70. The topological polar surface area (TPSA) is 55.1 Å². The number of hydrogen-bond donors (Lipinski definition) is 1. The molecule has 2 aromatic rings. The monoisotopic (exact) mass is 292 g/mol. The van der Waals surface area contributed by atoms with E-state index in [0.29, 0.717) is 6.54 Å². The van der Waals surface area contributed by atoms with Crippen LogP contribution < -0.4 is 5.56 Å². The molecule has 0 fully saturated rings. The minimum atomic E-state index is -0.535. The number of aryl methyl sites for hydroxylation is 2. The average molecular weight is 292 g/mol. The summed E-state index contributed by atoms with van der Waals surface area (Å²) in [6.45, 7) is 2.00. The maximum atomic E-state index is 12.6. The summed E-state index contributed by atoms with van der Waals surface area (Å²) in [5, 5.41) is 10.3. The molecule has 1 atom stereocenters. The van der Waals surface area contributed by atoms with E-state index in [0.717, 1.165) is 29.5 Å². The number of aliphatic hydroxyl groups is 1. The highest BCUT2D eigenvalue weighted by Crippen LogP contribution is 2.32. The van der Waals surface area contributed by atoms with Crippen molar-refractivity contribution in [3.8, 4) is 0 Å². The molecule has 1 aliphatic rings. The van der Waals surface area contributed by atoms with E-state index in [1.165, 1.54) is 29.7 Å². The van der Waals surface area contributed by atoms with Gasteiger partial charge in [0.1, 0.15) is 4.83 Å². The van der Waals surface area contributed by atoms with Crippen molar-refractivity contribution in [2.75, 3.05) is 0 Å². The van der Waals surface area contributed by atoms with Gasteiger partial charge < -0.3 is 5.11 Å². The van der Waals surface area contributed by atoms with Gasteiger partial charge in [-0.3, -0.25) is 9.36 Å². The zero-order valence-corrected chi connectivity index (χ0v) is 12.6. The van der Waals surface area contributed by atoms with E-state index >= 15 is 0 Å². The Kier molecular flexibility index (Phi) is 3.89. The number of thiophene rings is 1. The van der Waals surface area contributed by atoms with Gasteiger partial charge in [0, 0.05) is 4.88 Å². The van der Waals surface area contributed by atoms with Crippen molar-refractivity contribution in [1.29, 1.82) is 0 Å². The first kappa shape index (κ1) is 13.8. The quantitative estimate of drug-likeness (QED) is 0.925. The largest absolute Gasteiger partial charge is 0.392 e. The van der Waals surface area contributed by atoms with Crippen molar-refractivity contribution < 1.29 is 5.11 Å². The molecular formula is C15H20N2O2S. The Morgan fingerprint density at radius 3 is 2.85 bits per heavy atom. The molecule has 0 radical (unpaired) electrons. The lowest BCUT2D eigenvalue weighted by Gasteiger charge is -2.10. The van der Waals surface area contributed by atoms with Crippen molar-refractivity contribution in [1.82, 2.24) is 9.55 Å². The third-order valence-corrected chi connectivity index (χ3v) is 5.10. The fourth-order valence-electron chi connectivity index (χ4n) is 2.95. The molecule has 2 aromatic heterocycles. The number of aliphatic hydroxyl groups excluding tert-OH is 1. The van der Waals surface area contributed by atoms with Gasteiger partial charge in [0.25, 0.3) is 5.56 Å². The smallest absolute Gasteiger partial charge is 0.262 e. The lowest BCUT2D eigenvalue weighted by molar-refractivity contribution is 0.172. The zero-order valence-electron chi connectivity index (χ0n) is 11.8. The maximum absolute atomic E-state index is 12.6. The molecule has 0 spiro atoms. The van der Waals surface area contributed by atoms with Crippen LogP contribution in [0, 0.1) is 0 Å². The minimum absolute atomic E-state index is 0.00831. The standard InChI is InChI=1S/C15H20N2O2S/c1-10(18)8-17-9-16-14-13(15(17)19)11-6-4-2-3-5-7-12(11)20-14/h9-10,18H,2-8H2,1H3/t10-/m1/s1. The number of rotatable bonds is 2. The zero-order chi connectivity index (χ0) is 14.1. The molecule has 0 unspecified atom stereocenters. The molecular weight excluding hydrogens is 272 g/mol. The summed E-state index contributed by atoms with van der Waals surface area (Å²) in [5.41, 5.74) is 1.23. The fraction of sp³-hybridized carbons (Fsp3) is 0.600. The maximum Gasteiger partial charge on any atom is 0.262 e. The van der Waals surface area contributed by atoms with Crippen molar-refractivity contribution in [3.63, 3.8) is 0 Å². The van der Waals surface area contributed by atoms with Gasteiger partial charge in [-0.1, -0.05) is 12.8 Å². The molecule has 0 saturated carbocycles. The predicted octanol–water partition coefficient (Wildman–Crippen LogP) is 2.50. The molecule has 5 heteroatoms. The fourth-order valence-corrected chi connectivity index (χ4v) is 4.17. The van der Waals surface area contributed by atoms with Crippen LogP contribution in [0.5, 0.6) is 0 Å². The van der Waals surface area contributed by atoms with Crippen molar-refractivity contribution in [2.24, 2.45) is 0 Å². The van der Waals surface area contributed by atoms with Gasteiger partial charge in [-0.25, -0.2) is 4.98 Å². The summed E-state index contributed by atoms with van der Waals surface area (Å²) in [7, 11) is 0. The third-order valence-electron chi connectivity index (χ3n) is 3.90.